The SMILES string of the molecule is O=C(Nc1ccc(F)cc1F)N[C@H](c1ccccc1)c1cccs1. The zero-order valence-electron chi connectivity index (χ0n) is 12.5. The standard InChI is InChI=1S/C18H14F2N2OS/c19-13-8-9-15(14(20)11-13)21-18(23)22-17(16-7-4-10-24-16)12-5-2-1-3-6-12/h1-11,17H,(H2,21,22,23)/t17-/m1/s1. The molecule has 0 radical (unpaired) electrons. The van der Waals surface area contributed by atoms with Crippen molar-refractivity contribution < 1.29 is 13.6 Å². The van der Waals surface area contributed by atoms with Gasteiger partial charge in [-0.2, -0.15) is 0 Å². The van der Waals surface area contributed by atoms with Gasteiger partial charge >= 0.3 is 6.03 Å². The molecule has 0 spiro atoms. The molecule has 24 heavy (non-hydrogen) atoms. The predicted octanol–water partition coefficient (Wildman–Crippen LogP) is 4.94. The highest BCUT2D eigenvalue weighted by Crippen LogP contribution is 2.26. The summed E-state index contributed by atoms with van der Waals surface area (Å²) >= 11 is 1.51. The summed E-state index contributed by atoms with van der Waals surface area (Å²) in [6.07, 6.45) is 0. The number of benzene rings is 2. The maximum atomic E-state index is 13.7. The van der Waals surface area contributed by atoms with Gasteiger partial charge < -0.3 is 10.6 Å². The van der Waals surface area contributed by atoms with Gasteiger partial charge in [0.25, 0.3) is 0 Å². The number of halogens is 2. The molecule has 122 valence electrons. The van der Waals surface area contributed by atoms with E-state index in [0.717, 1.165) is 22.6 Å². The van der Waals surface area contributed by atoms with Crippen molar-refractivity contribution >= 4 is 23.1 Å². The number of hydrogen-bond donors (Lipinski definition) is 2. The molecule has 3 aromatic rings. The number of carbonyl (C=O) groups is 1. The molecule has 6 heteroatoms. The summed E-state index contributed by atoms with van der Waals surface area (Å²) in [7, 11) is 0. The monoisotopic (exact) mass is 344 g/mol. The Bertz CT molecular complexity index is 822. The zero-order chi connectivity index (χ0) is 16.9. The fourth-order valence-corrected chi connectivity index (χ4v) is 3.10. The van der Waals surface area contributed by atoms with E-state index in [1.807, 2.05) is 47.8 Å². The third-order valence-electron chi connectivity index (χ3n) is 3.42. The molecular weight excluding hydrogens is 330 g/mol. The van der Waals surface area contributed by atoms with E-state index in [0.29, 0.717) is 0 Å². The smallest absolute Gasteiger partial charge is 0.320 e. The first kappa shape index (κ1) is 16.1. The Balaban J connectivity index is 1.79. The van der Waals surface area contributed by atoms with E-state index < -0.39 is 17.7 Å². The van der Waals surface area contributed by atoms with Gasteiger partial charge in [-0.1, -0.05) is 36.4 Å². The fraction of sp³-hybridized carbons (Fsp3) is 0.0556. The Kier molecular flexibility index (Phi) is 4.86. The van der Waals surface area contributed by atoms with Crippen LogP contribution in [-0.4, -0.2) is 6.03 Å². The summed E-state index contributed by atoms with van der Waals surface area (Å²) in [4.78, 5) is 13.2. The molecular formula is C18H14F2N2OS. The maximum absolute atomic E-state index is 13.7. The fourth-order valence-electron chi connectivity index (χ4n) is 2.30. The minimum atomic E-state index is -0.822. The molecule has 3 nitrogen and oxygen atoms in total. The highest BCUT2D eigenvalue weighted by molar-refractivity contribution is 7.10. The predicted molar refractivity (Wildman–Crippen MR) is 91.1 cm³/mol. The van der Waals surface area contributed by atoms with Crippen molar-refractivity contribution in [1.29, 1.82) is 0 Å². The van der Waals surface area contributed by atoms with Gasteiger partial charge in [0.15, 0.2) is 0 Å². The van der Waals surface area contributed by atoms with Gasteiger partial charge in [0.05, 0.1) is 11.7 Å². The van der Waals surface area contributed by atoms with Crippen molar-refractivity contribution in [2.45, 2.75) is 6.04 Å². The molecule has 0 saturated carbocycles. The van der Waals surface area contributed by atoms with E-state index in [9.17, 15) is 13.6 Å². The van der Waals surface area contributed by atoms with Crippen LogP contribution < -0.4 is 10.6 Å². The van der Waals surface area contributed by atoms with Crippen molar-refractivity contribution in [3.8, 4) is 0 Å². The first-order chi connectivity index (χ1) is 11.6. The Morgan fingerprint density at radius 2 is 1.79 bits per heavy atom. The summed E-state index contributed by atoms with van der Waals surface area (Å²) in [6.45, 7) is 0. The van der Waals surface area contributed by atoms with Gasteiger partial charge in [0.2, 0.25) is 0 Å². The maximum Gasteiger partial charge on any atom is 0.320 e. The summed E-state index contributed by atoms with van der Waals surface area (Å²) in [5, 5.41) is 7.16. The Labute approximate surface area is 142 Å². The Hall–Kier alpha value is -2.73. The summed E-state index contributed by atoms with van der Waals surface area (Å²) in [5.74, 6) is -1.52. The summed E-state index contributed by atoms with van der Waals surface area (Å²) < 4.78 is 26.6. The van der Waals surface area contributed by atoms with Crippen LogP contribution in [0.1, 0.15) is 16.5 Å². The quantitative estimate of drug-likeness (QED) is 0.692. The Morgan fingerprint density at radius 1 is 1.00 bits per heavy atom. The number of rotatable bonds is 4. The van der Waals surface area contributed by atoms with Crippen molar-refractivity contribution in [2.75, 3.05) is 5.32 Å². The van der Waals surface area contributed by atoms with Gasteiger partial charge in [0.1, 0.15) is 11.6 Å². The van der Waals surface area contributed by atoms with Crippen LogP contribution in [0.15, 0.2) is 66.0 Å². The third kappa shape index (κ3) is 3.78. The number of carbonyl (C=O) groups excluding carboxylic acids is 1. The van der Waals surface area contributed by atoms with E-state index in [1.165, 1.54) is 17.4 Å². The molecule has 3 rings (SSSR count). The van der Waals surface area contributed by atoms with Crippen LogP contribution >= 0.6 is 11.3 Å². The zero-order valence-corrected chi connectivity index (χ0v) is 13.3. The summed E-state index contributed by atoms with van der Waals surface area (Å²) in [5.41, 5.74) is 0.835. The van der Waals surface area contributed by atoms with E-state index in [1.54, 1.807) is 0 Å². The van der Waals surface area contributed by atoms with Crippen LogP contribution in [0, 0.1) is 11.6 Å². The van der Waals surface area contributed by atoms with E-state index in [-0.39, 0.29) is 11.7 Å². The number of thiophene rings is 1. The first-order valence-corrected chi connectivity index (χ1v) is 8.12. The normalized spacial score (nSPS) is 11.8. The second kappa shape index (κ2) is 7.23. The molecule has 1 heterocycles. The van der Waals surface area contributed by atoms with E-state index in [2.05, 4.69) is 10.6 Å². The topological polar surface area (TPSA) is 41.1 Å². The molecule has 0 aliphatic rings. The lowest BCUT2D eigenvalue weighted by Crippen LogP contribution is -2.33. The second-order valence-corrected chi connectivity index (χ2v) is 6.06. The molecule has 0 fully saturated rings. The number of amides is 2. The van der Waals surface area contributed by atoms with E-state index in [4.69, 9.17) is 0 Å². The number of urea groups is 1. The lowest BCUT2D eigenvalue weighted by Gasteiger charge is -2.18. The number of nitrogens with one attached hydrogen (secondary N) is 2. The molecule has 2 N–H and O–H groups in total. The third-order valence-corrected chi connectivity index (χ3v) is 4.35. The average molecular weight is 344 g/mol. The van der Waals surface area contributed by atoms with Gasteiger partial charge in [-0.05, 0) is 29.1 Å². The van der Waals surface area contributed by atoms with Crippen LogP contribution in [0.2, 0.25) is 0 Å². The number of anilines is 1. The highest BCUT2D eigenvalue weighted by atomic mass is 32.1. The molecule has 1 atom stereocenters. The second-order valence-electron chi connectivity index (χ2n) is 5.08. The van der Waals surface area contributed by atoms with Gasteiger partial charge in [-0.15, -0.1) is 11.3 Å². The molecule has 0 aliphatic carbocycles. The van der Waals surface area contributed by atoms with Crippen molar-refractivity contribution in [3.05, 3.63) is 88.1 Å². The highest BCUT2D eigenvalue weighted by Gasteiger charge is 2.18. The van der Waals surface area contributed by atoms with Crippen molar-refractivity contribution in [1.82, 2.24) is 5.32 Å². The largest absolute Gasteiger partial charge is 0.326 e. The van der Waals surface area contributed by atoms with Gasteiger partial charge in [0, 0.05) is 10.9 Å². The minimum Gasteiger partial charge on any atom is -0.326 e. The van der Waals surface area contributed by atoms with Gasteiger partial charge in [-0.3, -0.25) is 0 Å². The Morgan fingerprint density at radius 3 is 2.46 bits per heavy atom. The van der Waals surface area contributed by atoms with Gasteiger partial charge in [-0.25, -0.2) is 13.6 Å². The van der Waals surface area contributed by atoms with Crippen LogP contribution in [0.5, 0.6) is 0 Å². The van der Waals surface area contributed by atoms with Crippen LogP contribution in [-0.2, 0) is 0 Å². The van der Waals surface area contributed by atoms with Crippen LogP contribution in [0.4, 0.5) is 19.3 Å². The molecule has 0 bridgehead atoms. The molecule has 0 unspecified atom stereocenters. The number of hydrogen-bond acceptors (Lipinski definition) is 2. The average Bonchev–Trinajstić information content (AvgIpc) is 3.10. The van der Waals surface area contributed by atoms with Crippen molar-refractivity contribution in [2.24, 2.45) is 0 Å². The van der Waals surface area contributed by atoms with E-state index >= 15 is 0 Å². The minimum absolute atomic E-state index is 0.0770. The molecule has 0 aliphatic heterocycles. The molecule has 1 aromatic heterocycles. The van der Waals surface area contributed by atoms with Crippen LogP contribution in [0.3, 0.4) is 0 Å². The first-order valence-electron chi connectivity index (χ1n) is 7.24. The molecule has 2 amide bonds. The molecule has 0 saturated heterocycles. The van der Waals surface area contributed by atoms with Crippen LogP contribution in [0.25, 0.3) is 0 Å². The summed E-state index contributed by atoms with van der Waals surface area (Å²) in [6, 6.07) is 15.4. The van der Waals surface area contributed by atoms with Crippen molar-refractivity contribution in [3.63, 3.8) is 0 Å². The molecule has 2 aromatic carbocycles. The lowest BCUT2D eigenvalue weighted by atomic mass is 10.1. The lowest BCUT2D eigenvalue weighted by molar-refractivity contribution is 0.250.